The third-order valence-corrected chi connectivity index (χ3v) is 5.23. The molecule has 0 aromatic heterocycles. The van der Waals surface area contributed by atoms with Gasteiger partial charge in [0.15, 0.2) is 0 Å². The number of nitrogens with zero attached hydrogens (tertiary/aromatic N) is 1. The smallest absolute Gasteiger partial charge is 0.265 e. The van der Waals surface area contributed by atoms with Crippen molar-refractivity contribution in [2.75, 3.05) is 7.05 Å². The molecule has 2 aromatic rings. The largest absolute Gasteiger partial charge is 0.486 e. The Kier molecular flexibility index (Phi) is 5.02. The zero-order valence-corrected chi connectivity index (χ0v) is 15.1. The molecule has 5 heteroatoms. The molecular formula is C19H17NO2S2. The Labute approximate surface area is 151 Å². The van der Waals surface area contributed by atoms with Gasteiger partial charge in [0.05, 0.1) is 4.91 Å². The van der Waals surface area contributed by atoms with E-state index in [0.29, 0.717) is 9.23 Å². The zero-order chi connectivity index (χ0) is 17.1. The molecule has 0 saturated carbocycles. The molecule has 1 unspecified atom stereocenters. The summed E-state index contributed by atoms with van der Waals surface area (Å²) in [6, 6.07) is 17.8. The summed E-state index contributed by atoms with van der Waals surface area (Å²) in [6.07, 6.45) is 1.83. The van der Waals surface area contributed by atoms with Crippen molar-refractivity contribution in [2.45, 2.75) is 13.0 Å². The van der Waals surface area contributed by atoms with Crippen LogP contribution in [-0.4, -0.2) is 22.2 Å². The predicted octanol–water partition coefficient (Wildman–Crippen LogP) is 4.66. The van der Waals surface area contributed by atoms with Crippen molar-refractivity contribution in [2.24, 2.45) is 0 Å². The normalized spacial score (nSPS) is 17.4. The van der Waals surface area contributed by atoms with E-state index in [4.69, 9.17) is 17.0 Å². The number of carbonyl (C=O) groups is 1. The number of rotatable bonds is 4. The van der Waals surface area contributed by atoms with E-state index in [0.717, 1.165) is 16.9 Å². The summed E-state index contributed by atoms with van der Waals surface area (Å²) in [6.45, 7) is 2.02. The SMILES string of the molecule is CC(Oc1ccc(/C=C2/SC(=S)N(C)C2=O)cc1)c1ccccc1. The van der Waals surface area contributed by atoms with E-state index >= 15 is 0 Å². The maximum Gasteiger partial charge on any atom is 0.265 e. The fourth-order valence-corrected chi connectivity index (χ4v) is 3.52. The first-order valence-corrected chi connectivity index (χ1v) is 8.80. The Morgan fingerprint density at radius 1 is 1.12 bits per heavy atom. The second-order valence-electron chi connectivity index (χ2n) is 5.48. The average Bonchev–Trinajstić information content (AvgIpc) is 2.84. The number of benzene rings is 2. The Morgan fingerprint density at radius 2 is 1.79 bits per heavy atom. The van der Waals surface area contributed by atoms with E-state index in [1.165, 1.54) is 16.7 Å². The highest BCUT2D eigenvalue weighted by Gasteiger charge is 2.28. The van der Waals surface area contributed by atoms with Gasteiger partial charge in [-0.25, -0.2) is 0 Å². The summed E-state index contributed by atoms with van der Waals surface area (Å²) in [5, 5.41) is 0. The molecular weight excluding hydrogens is 338 g/mol. The van der Waals surface area contributed by atoms with Crippen molar-refractivity contribution in [1.82, 2.24) is 4.90 Å². The zero-order valence-electron chi connectivity index (χ0n) is 13.4. The van der Waals surface area contributed by atoms with Gasteiger partial charge in [0.25, 0.3) is 5.91 Å². The maximum atomic E-state index is 12.0. The third-order valence-electron chi connectivity index (χ3n) is 3.75. The van der Waals surface area contributed by atoms with Crippen molar-refractivity contribution in [3.63, 3.8) is 0 Å². The second-order valence-corrected chi connectivity index (χ2v) is 7.16. The van der Waals surface area contributed by atoms with Crippen LogP contribution < -0.4 is 4.74 Å². The van der Waals surface area contributed by atoms with Gasteiger partial charge < -0.3 is 4.74 Å². The molecule has 1 atom stereocenters. The molecule has 1 aliphatic rings. The number of amides is 1. The molecule has 2 aromatic carbocycles. The molecule has 0 radical (unpaired) electrons. The topological polar surface area (TPSA) is 29.5 Å². The van der Waals surface area contributed by atoms with E-state index in [1.807, 2.05) is 67.6 Å². The molecule has 24 heavy (non-hydrogen) atoms. The van der Waals surface area contributed by atoms with E-state index in [-0.39, 0.29) is 12.0 Å². The quantitative estimate of drug-likeness (QED) is 0.589. The molecule has 0 N–H and O–H groups in total. The third kappa shape index (κ3) is 3.68. The Morgan fingerprint density at radius 3 is 2.38 bits per heavy atom. The Bertz CT molecular complexity index is 785. The number of thiocarbonyl (C=S) groups is 1. The average molecular weight is 355 g/mol. The van der Waals surface area contributed by atoms with Gasteiger partial charge in [-0.3, -0.25) is 9.69 Å². The first kappa shape index (κ1) is 16.7. The van der Waals surface area contributed by atoms with Gasteiger partial charge in [-0.1, -0.05) is 66.4 Å². The van der Waals surface area contributed by atoms with Crippen molar-refractivity contribution in [3.05, 3.63) is 70.6 Å². The molecule has 1 fully saturated rings. The van der Waals surface area contributed by atoms with Crippen molar-refractivity contribution < 1.29 is 9.53 Å². The van der Waals surface area contributed by atoms with Crippen LogP contribution in [0, 0.1) is 0 Å². The number of carbonyl (C=O) groups excluding carboxylic acids is 1. The lowest BCUT2D eigenvalue weighted by Gasteiger charge is -2.15. The summed E-state index contributed by atoms with van der Waals surface area (Å²) >= 11 is 6.46. The molecule has 0 spiro atoms. The standard InChI is InChI=1S/C19H17NO2S2/c1-13(15-6-4-3-5-7-15)22-16-10-8-14(9-11-16)12-17-18(21)20(2)19(23)24-17/h3-13H,1-2H3/b17-12+. The summed E-state index contributed by atoms with van der Waals surface area (Å²) < 4.78 is 6.54. The summed E-state index contributed by atoms with van der Waals surface area (Å²) in [4.78, 5) is 14.2. The van der Waals surface area contributed by atoms with Crippen molar-refractivity contribution >= 4 is 40.3 Å². The Hall–Kier alpha value is -2.11. The minimum absolute atomic E-state index is 0.0200. The summed E-state index contributed by atoms with van der Waals surface area (Å²) in [5.41, 5.74) is 2.08. The van der Waals surface area contributed by atoms with Gasteiger partial charge in [0, 0.05) is 7.05 Å². The lowest BCUT2D eigenvalue weighted by Crippen LogP contribution is -2.22. The highest BCUT2D eigenvalue weighted by Crippen LogP contribution is 2.31. The van der Waals surface area contributed by atoms with Crippen LogP contribution in [0.2, 0.25) is 0 Å². The highest BCUT2D eigenvalue weighted by atomic mass is 32.2. The fraction of sp³-hybridized carbons (Fsp3) is 0.158. The van der Waals surface area contributed by atoms with Gasteiger partial charge in [-0.2, -0.15) is 0 Å². The second kappa shape index (κ2) is 7.20. The maximum absolute atomic E-state index is 12.0. The van der Waals surface area contributed by atoms with Gasteiger partial charge in [-0.05, 0) is 36.3 Å². The number of hydrogen-bond acceptors (Lipinski definition) is 4. The van der Waals surface area contributed by atoms with Crippen molar-refractivity contribution in [1.29, 1.82) is 0 Å². The fourth-order valence-electron chi connectivity index (χ4n) is 2.34. The summed E-state index contributed by atoms with van der Waals surface area (Å²) in [5.74, 6) is 0.745. The number of hydrogen-bond donors (Lipinski definition) is 0. The molecule has 0 bridgehead atoms. The van der Waals surface area contributed by atoms with Crippen LogP contribution >= 0.6 is 24.0 Å². The van der Waals surface area contributed by atoms with Crippen LogP contribution in [0.3, 0.4) is 0 Å². The predicted molar refractivity (Wildman–Crippen MR) is 103 cm³/mol. The number of ether oxygens (including phenoxy) is 1. The van der Waals surface area contributed by atoms with Gasteiger partial charge >= 0.3 is 0 Å². The van der Waals surface area contributed by atoms with Crippen LogP contribution in [0.25, 0.3) is 6.08 Å². The number of thioether (sulfide) groups is 1. The molecule has 3 nitrogen and oxygen atoms in total. The first-order chi connectivity index (χ1) is 11.5. The summed E-state index contributed by atoms with van der Waals surface area (Å²) in [7, 11) is 1.69. The first-order valence-electron chi connectivity index (χ1n) is 7.58. The molecule has 1 saturated heterocycles. The van der Waals surface area contributed by atoms with E-state index in [9.17, 15) is 4.79 Å². The molecule has 0 aliphatic carbocycles. The van der Waals surface area contributed by atoms with Gasteiger partial charge in [0.2, 0.25) is 0 Å². The van der Waals surface area contributed by atoms with Crippen LogP contribution in [0.4, 0.5) is 0 Å². The molecule has 3 rings (SSSR count). The van der Waals surface area contributed by atoms with Gasteiger partial charge in [0.1, 0.15) is 16.2 Å². The van der Waals surface area contributed by atoms with Crippen molar-refractivity contribution in [3.8, 4) is 5.75 Å². The monoisotopic (exact) mass is 355 g/mol. The Balaban J connectivity index is 1.70. The molecule has 1 amide bonds. The molecule has 1 aliphatic heterocycles. The van der Waals surface area contributed by atoms with E-state index in [1.54, 1.807) is 7.05 Å². The van der Waals surface area contributed by atoms with Crippen LogP contribution in [0.5, 0.6) is 5.75 Å². The van der Waals surface area contributed by atoms with Crippen LogP contribution in [0.1, 0.15) is 24.2 Å². The number of likely N-dealkylation sites (N-methyl/N-ethyl adjacent to an activating group) is 1. The lowest BCUT2D eigenvalue weighted by molar-refractivity contribution is -0.121. The molecule has 122 valence electrons. The minimum Gasteiger partial charge on any atom is -0.486 e. The van der Waals surface area contributed by atoms with E-state index in [2.05, 4.69) is 0 Å². The van der Waals surface area contributed by atoms with Crippen LogP contribution in [0.15, 0.2) is 59.5 Å². The van der Waals surface area contributed by atoms with E-state index < -0.39 is 0 Å². The minimum atomic E-state index is -0.0528. The highest BCUT2D eigenvalue weighted by molar-refractivity contribution is 8.26. The van der Waals surface area contributed by atoms with Crippen LogP contribution in [-0.2, 0) is 4.79 Å². The van der Waals surface area contributed by atoms with Gasteiger partial charge in [-0.15, -0.1) is 0 Å². The molecule has 1 heterocycles. The lowest BCUT2D eigenvalue weighted by atomic mass is 10.1.